The fourth-order valence-corrected chi connectivity index (χ4v) is 1.22. The largest absolute Gasteiger partial charge is 0.315 e. The van der Waals surface area contributed by atoms with Gasteiger partial charge in [0.1, 0.15) is 5.15 Å². The van der Waals surface area contributed by atoms with Crippen LogP contribution in [0.1, 0.15) is 0 Å². The highest BCUT2D eigenvalue weighted by molar-refractivity contribution is 6.36. The minimum Gasteiger partial charge on any atom is -0.315 e. The van der Waals surface area contributed by atoms with Crippen molar-refractivity contribution in [3.05, 3.63) is 22.4 Å². The van der Waals surface area contributed by atoms with Gasteiger partial charge in [-0.05, 0) is 6.07 Å². The van der Waals surface area contributed by atoms with Gasteiger partial charge in [0.2, 0.25) is 6.41 Å². The van der Waals surface area contributed by atoms with E-state index in [2.05, 4.69) is 4.98 Å². The van der Waals surface area contributed by atoms with Gasteiger partial charge in [-0.3, -0.25) is 4.79 Å². The van der Waals surface area contributed by atoms with Crippen molar-refractivity contribution in [3.63, 3.8) is 0 Å². The molecule has 0 bridgehead atoms. The summed E-state index contributed by atoms with van der Waals surface area (Å²) in [5, 5.41) is 0.715. The first kappa shape index (κ1) is 9.29. The lowest BCUT2D eigenvalue weighted by Crippen LogP contribution is -2.14. The van der Waals surface area contributed by atoms with Crippen molar-refractivity contribution in [1.82, 2.24) is 4.98 Å². The molecule has 0 atom stereocenters. The molecule has 0 saturated heterocycles. The lowest BCUT2D eigenvalue weighted by molar-refractivity contribution is -0.107. The number of nitrogens with zero attached hydrogens (tertiary/aromatic N) is 2. The molecule has 0 aliphatic heterocycles. The van der Waals surface area contributed by atoms with Gasteiger partial charge >= 0.3 is 0 Å². The van der Waals surface area contributed by atoms with E-state index in [1.807, 2.05) is 0 Å². The van der Waals surface area contributed by atoms with Crippen LogP contribution < -0.4 is 4.90 Å². The molecule has 0 N–H and O–H groups in total. The Bertz CT molecular complexity index is 303. The van der Waals surface area contributed by atoms with Crippen molar-refractivity contribution >= 4 is 35.3 Å². The van der Waals surface area contributed by atoms with Gasteiger partial charge in [0, 0.05) is 7.05 Å². The van der Waals surface area contributed by atoms with Crippen LogP contribution in [0.25, 0.3) is 0 Å². The number of aromatic nitrogens is 1. The molecule has 5 heteroatoms. The monoisotopic (exact) mass is 204 g/mol. The highest BCUT2D eigenvalue weighted by atomic mass is 35.5. The summed E-state index contributed by atoms with van der Waals surface area (Å²) in [5.41, 5.74) is 0.538. The Balaban J connectivity index is 3.09. The Labute approximate surface area is 79.9 Å². The molecule has 0 saturated carbocycles. The molecule has 12 heavy (non-hydrogen) atoms. The highest BCUT2D eigenvalue weighted by Crippen LogP contribution is 2.24. The number of rotatable bonds is 2. The Morgan fingerprint density at radius 2 is 2.25 bits per heavy atom. The zero-order valence-corrected chi connectivity index (χ0v) is 7.80. The second-order valence-electron chi connectivity index (χ2n) is 2.17. The number of carbonyl (C=O) groups is 1. The van der Waals surface area contributed by atoms with Gasteiger partial charge in [-0.15, -0.1) is 0 Å². The molecule has 1 aromatic rings. The van der Waals surface area contributed by atoms with Crippen molar-refractivity contribution in [2.75, 3.05) is 11.9 Å². The number of amides is 1. The van der Waals surface area contributed by atoms with Gasteiger partial charge in [0.25, 0.3) is 0 Å². The molecular formula is C7H6Cl2N2O. The highest BCUT2D eigenvalue weighted by Gasteiger charge is 2.05. The van der Waals surface area contributed by atoms with Crippen LogP contribution in [0.15, 0.2) is 12.3 Å². The Morgan fingerprint density at radius 1 is 1.58 bits per heavy atom. The molecule has 64 valence electrons. The maximum absolute atomic E-state index is 10.3. The minimum atomic E-state index is 0.308. The van der Waals surface area contributed by atoms with E-state index in [1.165, 1.54) is 17.2 Å². The number of hydrogen-bond acceptors (Lipinski definition) is 2. The molecule has 0 spiro atoms. The summed E-state index contributed by atoms with van der Waals surface area (Å²) in [6, 6.07) is 1.48. The van der Waals surface area contributed by atoms with E-state index in [9.17, 15) is 4.79 Å². The lowest BCUT2D eigenvalue weighted by atomic mass is 10.4. The second-order valence-corrected chi connectivity index (χ2v) is 2.97. The minimum absolute atomic E-state index is 0.308. The normalized spacial score (nSPS) is 9.58. The van der Waals surface area contributed by atoms with Crippen molar-refractivity contribution < 1.29 is 4.79 Å². The van der Waals surface area contributed by atoms with Crippen LogP contribution in [0, 0.1) is 0 Å². The van der Waals surface area contributed by atoms with Gasteiger partial charge < -0.3 is 4.90 Å². The van der Waals surface area contributed by atoms with Crippen molar-refractivity contribution in [1.29, 1.82) is 0 Å². The molecule has 1 heterocycles. The van der Waals surface area contributed by atoms with Crippen LogP contribution in [0.2, 0.25) is 10.2 Å². The summed E-state index contributed by atoms with van der Waals surface area (Å²) in [6.07, 6.45) is 2.09. The predicted molar refractivity (Wildman–Crippen MR) is 48.7 cm³/mol. The molecule has 1 rings (SSSR count). The summed E-state index contributed by atoms with van der Waals surface area (Å²) in [7, 11) is 1.59. The van der Waals surface area contributed by atoms with Crippen LogP contribution >= 0.6 is 23.2 Å². The van der Waals surface area contributed by atoms with Crippen LogP contribution in [-0.4, -0.2) is 18.4 Å². The molecule has 0 aliphatic rings. The Kier molecular flexibility index (Phi) is 2.89. The maximum atomic E-state index is 10.3. The van der Waals surface area contributed by atoms with E-state index in [-0.39, 0.29) is 0 Å². The molecular weight excluding hydrogens is 199 g/mol. The molecule has 1 aromatic heterocycles. The van der Waals surface area contributed by atoms with Gasteiger partial charge in [0.15, 0.2) is 0 Å². The zero-order valence-electron chi connectivity index (χ0n) is 6.29. The summed E-state index contributed by atoms with van der Waals surface area (Å²) >= 11 is 11.3. The first-order valence-corrected chi connectivity index (χ1v) is 3.90. The number of anilines is 1. The van der Waals surface area contributed by atoms with Crippen LogP contribution in [0.4, 0.5) is 5.69 Å². The van der Waals surface area contributed by atoms with Gasteiger partial charge in [-0.1, -0.05) is 23.2 Å². The maximum Gasteiger partial charge on any atom is 0.213 e. The fourth-order valence-electron chi connectivity index (χ4n) is 0.717. The molecule has 0 radical (unpaired) electrons. The van der Waals surface area contributed by atoms with Crippen LogP contribution in [0.3, 0.4) is 0 Å². The summed E-state index contributed by atoms with van der Waals surface area (Å²) in [6.45, 7) is 0. The first-order chi connectivity index (χ1) is 5.65. The molecule has 3 nitrogen and oxygen atoms in total. The summed E-state index contributed by atoms with van der Waals surface area (Å²) < 4.78 is 0. The molecule has 0 aromatic carbocycles. The average Bonchev–Trinajstić information content (AvgIpc) is 2.03. The third kappa shape index (κ3) is 1.87. The lowest BCUT2D eigenvalue weighted by Gasteiger charge is -2.11. The van der Waals surface area contributed by atoms with Gasteiger partial charge in [0.05, 0.1) is 16.9 Å². The SMILES string of the molecule is CN(C=O)c1cnc(Cl)cc1Cl. The van der Waals surface area contributed by atoms with Crippen LogP contribution in [0.5, 0.6) is 0 Å². The van der Waals surface area contributed by atoms with E-state index >= 15 is 0 Å². The molecule has 1 amide bonds. The summed E-state index contributed by atoms with van der Waals surface area (Å²) in [4.78, 5) is 15.5. The second kappa shape index (κ2) is 3.74. The third-order valence-corrected chi connectivity index (χ3v) is 1.85. The number of halogens is 2. The fraction of sp³-hybridized carbons (Fsp3) is 0.143. The number of carbonyl (C=O) groups excluding carboxylic acids is 1. The first-order valence-electron chi connectivity index (χ1n) is 3.14. The van der Waals surface area contributed by atoms with E-state index in [0.29, 0.717) is 22.3 Å². The van der Waals surface area contributed by atoms with E-state index in [1.54, 1.807) is 7.05 Å². The average molecular weight is 205 g/mol. The van der Waals surface area contributed by atoms with E-state index < -0.39 is 0 Å². The molecule has 0 fully saturated rings. The standard InChI is InChI=1S/C7H6Cl2N2O/c1-11(4-12)6-3-10-7(9)2-5(6)8/h2-4H,1H3. The van der Waals surface area contributed by atoms with E-state index in [0.717, 1.165) is 0 Å². The van der Waals surface area contributed by atoms with Crippen molar-refractivity contribution in [2.45, 2.75) is 0 Å². The van der Waals surface area contributed by atoms with Crippen LogP contribution in [-0.2, 0) is 4.79 Å². The number of hydrogen-bond donors (Lipinski definition) is 0. The van der Waals surface area contributed by atoms with Crippen molar-refractivity contribution in [2.24, 2.45) is 0 Å². The quantitative estimate of drug-likeness (QED) is 0.546. The summed E-state index contributed by atoms with van der Waals surface area (Å²) in [5.74, 6) is 0. The number of pyridine rings is 1. The molecule has 0 unspecified atom stereocenters. The Morgan fingerprint density at radius 3 is 2.75 bits per heavy atom. The van der Waals surface area contributed by atoms with Crippen molar-refractivity contribution in [3.8, 4) is 0 Å². The van der Waals surface area contributed by atoms with Gasteiger partial charge in [-0.2, -0.15) is 0 Å². The molecule has 0 aliphatic carbocycles. The zero-order chi connectivity index (χ0) is 9.14. The Hall–Kier alpha value is -0.800. The van der Waals surface area contributed by atoms with Gasteiger partial charge in [-0.25, -0.2) is 4.98 Å². The predicted octanol–water partition coefficient (Wildman–Crippen LogP) is 1.98. The smallest absolute Gasteiger partial charge is 0.213 e. The van der Waals surface area contributed by atoms with E-state index in [4.69, 9.17) is 23.2 Å². The third-order valence-electron chi connectivity index (χ3n) is 1.34. The topological polar surface area (TPSA) is 33.2 Å².